The first kappa shape index (κ1) is 16.6. The quantitative estimate of drug-likeness (QED) is 0.579. The van der Waals surface area contributed by atoms with Gasteiger partial charge in [-0.15, -0.1) is 10.2 Å². The van der Waals surface area contributed by atoms with Gasteiger partial charge in [-0.3, -0.25) is 9.48 Å². The maximum atomic E-state index is 12.6. The average molecular weight is 370 g/mol. The Kier molecular flexibility index (Phi) is 3.87. The van der Waals surface area contributed by atoms with Crippen LogP contribution in [-0.4, -0.2) is 25.9 Å². The SMILES string of the molecule is Cn1cc(-c2ccc3nnc(NC(=O)c4ccc5c(c4)CNC5)cc3c2)cn1. The number of aryl methyl sites for hydroxylation is 1. The van der Waals surface area contributed by atoms with E-state index in [2.05, 4.69) is 25.9 Å². The van der Waals surface area contributed by atoms with E-state index >= 15 is 0 Å². The lowest BCUT2D eigenvalue weighted by Gasteiger charge is -2.07. The van der Waals surface area contributed by atoms with Crippen molar-refractivity contribution in [2.45, 2.75) is 13.1 Å². The lowest BCUT2D eigenvalue weighted by molar-refractivity contribution is 0.102. The number of aromatic nitrogens is 4. The van der Waals surface area contributed by atoms with E-state index in [0.717, 1.165) is 35.1 Å². The smallest absolute Gasteiger partial charge is 0.256 e. The number of carbonyl (C=O) groups is 1. The van der Waals surface area contributed by atoms with Crippen LogP contribution < -0.4 is 10.6 Å². The highest BCUT2D eigenvalue weighted by Gasteiger charge is 2.14. The number of carbonyl (C=O) groups excluding carboxylic acids is 1. The lowest BCUT2D eigenvalue weighted by atomic mass is 10.1. The summed E-state index contributed by atoms with van der Waals surface area (Å²) in [6, 6.07) is 13.5. The van der Waals surface area contributed by atoms with E-state index in [1.807, 2.05) is 61.9 Å². The normalized spacial score (nSPS) is 12.9. The van der Waals surface area contributed by atoms with Gasteiger partial charge in [-0.1, -0.05) is 12.1 Å². The highest BCUT2D eigenvalue weighted by molar-refractivity contribution is 6.04. The zero-order valence-corrected chi connectivity index (χ0v) is 15.3. The molecule has 1 aliphatic rings. The van der Waals surface area contributed by atoms with Crippen molar-refractivity contribution in [3.05, 3.63) is 71.5 Å². The minimum atomic E-state index is -0.188. The molecule has 0 atom stereocenters. The summed E-state index contributed by atoms with van der Waals surface area (Å²) in [5, 5.41) is 19.6. The number of nitrogens with zero attached hydrogens (tertiary/aromatic N) is 4. The summed E-state index contributed by atoms with van der Waals surface area (Å²) in [6.45, 7) is 1.65. The molecule has 0 unspecified atom stereocenters. The Balaban J connectivity index is 1.43. The Bertz CT molecular complexity index is 1210. The molecule has 0 radical (unpaired) electrons. The summed E-state index contributed by atoms with van der Waals surface area (Å²) in [5.41, 5.74) is 5.86. The Morgan fingerprint density at radius 3 is 2.79 bits per heavy atom. The topological polar surface area (TPSA) is 84.7 Å². The van der Waals surface area contributed by atoms with Gasteiger partial charge in [-0.25, -0.2) is 0 Å². The van der Waals surface area contributed by atoms with E-state index < -0.39 is 0 Å². The predicted octanol–water partition coefficient (Wildman–Crippen LogP) is 2.89. The van der Waals surface area contributed by atoms with Crippen LogP contribution in [0.4, 0.5) is 5.82 Å². The van der Waals surface area contributed by atoms with E-state index in [4.69, 9.17) is 0 Å². The molecule has 28 heavy (non-hydrogen) atoms. The summed E-state index contributed by atoms with van der Waals surface area (Å²) >= 11 is 0. The highest BCUT2D eigenvalue weighted by atomic mass is 16.1. The molecular weight excluding hydrogens is 352 g/mol. The third-order valence-corrected chi connectivity index (χ3v) is 4.96. The van der Waals surface area contributed by atoms with E-state index in [9.17, 15) is 4.79 Å². The molecule has 3 heterocycles. The fourth-order valence-electron chi connectivity index (χ4n) is 3.48. The zero-order chi connectivity index (χ0) is 19.1. The molecule has 1 amide bonds. The van der Waals surface area contributed by atoms with Crippen LogP contribution in [0.3, 0.4) is 0 Å². The fraction of sp³-hybridized carbons (Fsp3) is 0.143. The van der Waals surface area contributed by atoms with Gasteiger partial charge in [0.1, 0.15) is 0 Å². The van der Waals surface area contributed by atoms with Crippen LogP contribution in [0.2, 0.25) is 0 Å². The molecule has 7 nitrogen and oxygen atoms in total. The zero-order valence-electron chi connectivity index (χ0n) is 15.3. The first-order valence-electron chi connectivity index (χ1n) is 9.06. The van der Waals surface area contributed by atoms with Crippen LogP contribution in [0.15, 0.2) is 54.9 Å². The van der Waals surface area contributed by atoms with Crippen LogP contribution in [0.1, 0.15) is 21.5 Å². The van der Waals surface area contributed by atoms with Gasteiger partial charge in [0, 0.05) is 42.8 Å². The summed E-state index contributed by atoms with van der Waals surface area (Å²) in [6.07, 6.45) is 3.78. The first-order valence-corrected chi connectivity index (χ1v) is 9.06. The van der Waals surface area contributed by atoms with Crippen LogP contribution in [0.25, 0.3) is 22.0 Å². The molecule has 0 saturated heterocycles. The summed E-state index contributed by atoms with van der Waals surface area (Å²) in [5.74, 6) is 0.242. The number of hydrogen-bond acceptors (Lipinski definition) is 5. The molecule has 0 bridgehead atoms. The molecule has 0 saturated carbocycles. The van der Waals surface area contributed by atoms with Crippen molar-refractivity contribution in [3.8, 4) is 11.1 Å². The van der Waals surface area contributed by atoms with Crippen LogP contribution in [0, 0.1) is 0 Å². The van der Waals surface area contributed by atoms with Gasteiger partial charge in [0.2, 0.25) is 0 Å². The van der Waals surface area contributed by atoms with Gasteiger partial charge in [-0.05, 0) is 47.0 Å². The van der Waals surface area contributed by atoms with Crippen molar-refractivity contribution < 1.29 is 4.79 Å². The maximum Gasteiger partial charge on any atom is 0.256 e. The second kappa shape index (κ2) is 6.54. The second-order valence-electron chi connectivity index (χ2n) is 6.95. The number of nitrogens with one attached hydrogen (secondary N) is 2. The van der Waals surface area contributed by atoms with E-state index in [0.29, 0.717) is 11.4 Å². The number of benzene rings is 2. The van der Waals surface area contributed by atoms with Crippen molar-refractivity contribution in [2.75, 3.05) is 5.32 Å². The van der Waals surface area contributed by atoms with Gasteiger partial charge in [-0.2, -0.15) is 5.10 Å². The van der Waals surface area contributed by atoms with Gasteiger partial charge in [0.05, 0.1) is 11.7 Å². The molecule has 7 heteroatoms. The molecule has 1 aliphatic heterocycles. The largest absolute Gasteiger partial charge is 0.309 e. The Morgan fingerprint density at radius 1 is 1.04 bits per heavy atom. The Morgan fingerprint density at radius 2 is 1.93 bits per heavy atom. The van der Waals surface area contributed by atoms with Crippen LogP contribution >= 0.6 is 0 Å². The maximum absolute atomic E-state index is 12.6. The van der Waals surface area contributed by atoms with Crippen LogP contribution in [-0.2, 0) is 20.1 Å². The summed E-state index contributed by atoms with van der Waals surface area (Å²) < 4.78 is 1.77. The molecule has 2 N–H and O–H groups in total. The Labute approximate surface area is 161 Å². The van der Waals surface area contributed by atoms with E-state index in [1.165, 1.54) is 11.1 Å². The Hall–Kier alpha value is -3.58. The minimum absolute atomic E-state index is 0.188. The minimum Gasteiger partial charge on any atom is -0.309 e. The first-order chi connectivity index (χ1) is 13.7. The molecule has 138 valence electrons. The van der Waals surface area contributed by atoms with Gasteiger partial charge < -0.3 is 10.6 Å². The number of fused-ring (bicyclic) bond motifs is 2. The average Bonchev–Trinajstić information content (AvgIpc) is 3.35. The lowest BCUT2D eigenvalue weighted by Crippen LogP contribution is -2.13. The van der Waals surface area contributed by atoms with Crippen molar-refractivity contribution in [1.82, 2.24) is 25.3 Å². The molecule has 0 aliphatic carbocycles. The predicted molar refractivity (Wildman–Crippen MR) is 107 cm³/mol. The summed E-state index contributed by atoms with van der Waals surface area (Å²) in [7, 11) is 1.89. The van der Waals surface area contributed by atoms with Gasteiger partial charge in [0.15, 0.2) is 5.82 Å². The third-order valence-electron chi connectivity index (χ3n) is 4.96. The molecule has 2 aromatic heterocycles. The van der Waals surface area contributed by atoms with E-state index in [1.54, 1.807) is 4.68 Å². The molecule has 0 fully saturated rings. The molecule has 2 aromatic carbocycles. The van der Waals surface area contributed by atoms with Crippen LogP contribution in [0.5, 0.6) is 0 Å². The molecule has 5 rings (SSSR count). The van der Waals surface area contributed by atoms with Crippen molar-refractivity contribution in [2.24, 2.45) is 7.05 Å². The van der Waals surface area contributed by atoms with Gasteiger partial charge >= 0.3 is 0 Å². The number of rotatable bonds is 3. The standard InChI is InChI=1S/C21H18N6O/c1-27-12-18(11-23-27)13-4-5-19-16(6-13)8-20(26-25-19)24-21(28)14-2-3-15-9-22-10-17(15)7-14/h2-8,11-12,22H,9-10H2,1H3,(H,24,26,28). The van der Waals surface area contributed by atoms with Crippen molar-refractivity contribution in [3.63, 3.8) is 0 Å². The third kappa shape index (κ3) is 3.01. The van der Waals surface area contributed by atoms with Gasteiger partial charge in [0.25, 0.3) is 5.91 Å². The highest BCUT2D eigenvalue weighted by Crippen LogP contribution is 2.24. The second-order valence-corrected chi connectivity index (χ2v) is 6.95. The molecule has 4 aromatic rings. The number of amides is 1. The number of anilines is 1. The monoisotopic (exact) mass is 370 g/mol. The molecule has 0 spiro atoms. The van der Waals surface area contributed by atoms with Crippen molar-refractivity contribution >= 4 is 22.6 Å². The van der Waals surface area contributed by atoms with Crippen molar-refractivity contribution in [1.29, 1.82) is 0 Å². The van der Waals surface area contributed by atoms with E-state index in [-0.39, 0.29) is 5.91 Å². The molecular formula is C21H18N6O. The fourth-order valence-corrected chi connectivity index (χ4v) is 3.48. The summed E-state index contributed by atoms with van der Waals surface area (Å²) in [4.78, 5) is 12.6. The number of hydrogen-bond donors (Lipinski definition) is 2.